The highest BCUT2D eigenvalue weighted by Gasteiger charge is 2.51. The Kier molecular flexibility index (Phi) is 40.1. The van der Waals surface area contributed by atoms with E-state index in [0.29, 0.717) is 6.42 Å². The normalized spacial score (nSPS) is 26.2. The van der Waals surface area contributed by atoms with E-state index in [-0.39, 0.29) is 18.9 Å². The average molecular weight is 1050 g/mol. The van der Waals surface area contributed by atoms with E-state index in [4.69, 9.17) is 18.9 Å². The van der Waals surface area contributed by atoms with Gasteiger partial charge >= 0.3 is 0 Å². The molecule has 14 nitrogen and oxygen atoms in total. The first-order valence-corrected chi connectivity index (χ1v) is 27.6. The maximum atomic E-state index is 13.0. The molecule has 12 atom stereocenters. The molecule has 0 spiro atoms. The van der Waals surface area contributed by atoms with E-state index in [1.165, 1.54) is 0 Å². The second-order valence-corrected chi connectivity index (χ2v) is 18.6. The number of ether oxygens (including phenoxy) is 4. The summed E-state index contributed by atoms with van der Waals surface area (Å²) in [6.07, 6.45) is 51.4. The van der Waals surface area contributed by atoms with Gasteiger partial charge in [-0.25, -0.2) is 0 Å². The van der Waals surface area contributed by atoms with Gasteiger partial charge in [0, 0.05) is 6.42 Å². The molecule has 2 fully saturated rings. The molecule has 0 radical (unpaired) electrons. The fourth-order valence-corrected chi connectivity index (χ4v) is 7.81. The second kappa shape index (κ2) is 44.9. The van der Waals surface area contributed by atoms with Crippen molar-refractivity contribution in [1.29, 1.82) is 0 Å². The third kappa shape index (κ3) is 31.0. The van der Waals surface area contributed by atoms with Gasteiger partial charge in [-0.15, -0.1) is 0 Å². The Morgan fingerprint density at radius 2 is 0.920 bits per heavy atom. The Labute approximate surface area is 449 Å². The van der Waals surface area contributed by atoms with Crippen LogP contribution in [0, 0.1) is 0 Å². The first-order valence-electron chi connectivity index (χ1n) is 27.6. The van der Waals surface area contributed by atoms with E-state index in [1.54, 1.807) is 6.08 Å². The SMILES string of the molecule is CC/C=C\C/C=C\C/C=C\C/C=C\C/C=C\C/C=C\C/C=C\C/C=C\C/C=C\C/C=C\C/C=C\CCCCCC(=O)NC(COC1OC(CO)C(OC2OC(CO)C(O)C(O)C2O)C(O)C1O)C(O)/C=C/CCCC. The van der Waals surface area contributed by atoms with Gasteiger partial charge < -0.3 is 65.1 Å². The molecule has 0 saturated carbocycles. The van der Waals surface area contributed by atoms with Crippen molar-refractivity contribution in [2.24, 2.45) is 0 Å². The molecule has 0 aromatic carbocycles. The molecule has 14 heteroatoms. The Morgan fingerprint density at radius 1 is 0.493 bits per heavy atom. The zero-order chi connectivity index (χ0) is 54.6. The first-order chi connectivity index (χ1) is 36.6. The maximum Gasteiger partial charge on any atom is 0.220 e. The number of carbonyl (C=O) groups excluding carboxylic acids is 1. The average Bonchev–Trinajstić information content (AvgIpc) is 3.41. The van der Waals surface area contributed by atoms with Crippen molar-refractivity contribution in [3.63, 3.8) is 0 Å². The molecule has 9 N–H and O–H groups in total. The van der Waals surface area contributed by atoms with E-state index in [2.05, 4.69) is 153 Å². The molecule has 2 aliphatic heterocycles. The third-order valence-electron chi connectivity index (χ3n) is 12.3. The van der Waals surface area contributed by atoms with Crippen LogP contribution in [0.1, 0.15) is 136 Å². The minimum atomic E-state index is -1.80. The highest BCUT2D eigenvalue weighted by molar-refractivity contribution is 5.76. The molecule has 12 unspecified atom stereocenters. The van der Waals surface area contributed by atoms with Crippen LogP contribution in [-0.4, -0.2) is 140 Å². The predicted molar refractivity (Wildman–Crippen MR) is 299 cm³/mol. The summed E-state index contributed by atoms with van der Waals surface area (Å²) < 4.78 is 22.5. The zero-order valence-corrected chi connectivity index (χ0v) is 45.0. The van der Waals surface area contributed by atoms with Crippen LogP contribution < -0.4 is 5.32 Å². The molecule has 0 bridgehead atoms. The molecule has 0 aromatic heterocycles. The summed E-state index contributed by atoms with van der Waals surface area (Å²) in [5.74, 6) is -0.290. The number of hydrogen-bond acceptors (Lipinski definition) is 13. The quantitative estimate of drug-likeness (QED) is 0.0207. The van der Waals surface area contributed by atoms with Gasteiger partial charge in [-0.3, -0.25) is 4.79 Å². The van der Waals surface area contributed by atoms with Crippen molar-refractivity contribution in [3.05, 3.63) is 146 Å². The smallest absolute Gasteiger partial charge is 0.220 e. The number of aliphatic hydroxyl groups excluding tert-OH is 8. The van der Waals surface area contributed by atoms with Gasteiger partial charge in [0.25, 0.3) is 0 Å². The number of carbonyl (C=O) groups is 1. The molecule has 75 heavy (non-hydrogen) atoms. The number of unbranched alkanes of at least 4 members (excludes halogenated alkanes) is 5. The van der Waals surface area contributed by atoms with E-state index < -0.39 is 86.8 Å². The lowest BCUT2D eigenvalue weighted by Crippen LogP contribution is -2.65. The lowest BCUT2D eigenvalue weighted by atomic mass is 9.97. The van der Waals surface area contributed by atoms with Crippen molar-refractivity contribution in [2.45, 2.75) is 209 Å². The van der Waals surface area contributed by atoms with Gasteiger partial charge in [-0.05, 0) is 96.3 Å². The Bertz CT molecular complexity index is 1810. The standard InChI is InChI=1S/C61H95NO13/c1-3-5-7-9-10-11-12-13-14-15-16-17-18-19-20-21-22-23-24-25-26-27-28-29-30-31-32-33-34-35-36-37-38-39-40-41-43-45-53(66)62-49(50(65)44-42-8-6-4-2)48-72-60-58(71)56(69)59(52(47-64)74-60)75-61-57(70)55(68)54(67)51(46-63)73-61/h5,7,10-11,13-14,16-17,19-20,22-23,25-26,28-29,31-32,34-35,37-38,42,44,49-52,54-61,63-65,67-71H,3-4,6,8-9,12,15,18,21,24,27,30,33,36,39-41,43,45-48H2,1-2H3,(H,62,66)/b7-5-,11-10-,14-13-,17-16-,20-19-,23-22-,26-25-,29-28-,32-31-,35-34-,38-37-,44-42+. The molecule has 0 aromatic rings. The van der Waals surface area contributed by atoms with Crippen LogP contribution >= 0.6 is 0 Å². The van der Waals surface area contributed by atoms with Crippen LogP contribution in [0.3, 0.4) is 0 Å². The lowest BCUT2D eigenvalue weighted by molar-refractivity contribution is -0.359. The number of allylic oxidation sites excluding steroid dienone is 23. The van der Waals surface area contributed by atoms with Crippen LogP contribution in [0.2, 0.25) is 0 Å². The van der Waals surface area contributed by atoms with Crippen LogP contribution in [-0.2, 0) is 23.7 Å². The van der Waals surface area contributed by atoms with E-state index in [9.17, 15) is 45.6 Å². The summed E-state index contributed by atoms with van der Waals surface area (Å²) in [4.78, 5) is 13.0. The molecule has 2 aliphatic rings. The van der Waals surface area contributed by atoms with Gasteiger partial charge in [-0.2, -0.15) is 0 Å². The van der Waals surface area contributed by atoms with Crippen LogP contribution in [0.4, 0.5) is 0 Å². The number of nitrogens with one attached hydrogen (secondary N) is 1. The fraction of sp³-hybridized carbons (Fsp3) is 0.590. The highest BCUT2D eigenvalue weighted by atomic mass is 16.7. The van der Waals surface area contributed by atoms with Crippen molar-refractivity contribution in [3.8, 4) is 0 Å². The van der Waals surface area contributed by atoms with Crippen molar-refractivity contribution in [2.75, 3.05) is 19.8 Å². The highest BCUT2D eigenvalue weighted by Crippen LogP contribution is 2.30. The Hall–Kier alpha value is -4.13. The fourth-order valence-electron chi connectivity index (χ4n) is 7.81. The van der Waals surface area contributed by atoms with Gasteiger partial charge in [-0.1, -0.05) is 179 Å². The number of rotatable bonds is 40. The number of amides is 1. The van der Waals surface area contributed by atoms with E-state index in [1.807, 2.05) is 6.08 Å². The molecule has 1 amide bonds. The summed E-state index contributed by atoms with van der Waals surface area (Å²) >= 11 is 0. The third-order valence-corrected chi connectivity index (χ3v) is 12.3. The Morgan fingerprint density at radius 3 is 1.37 bits per heavy atom. The van der Waals surface area contributed by atoms with Crippen molar-refractivity contribution in [1.82, 2.24) is 5.32 Å². The zero-order valence-electron chi connectivity index (χ0n) is 45.0. The minimum absolute atomic E-state index is 0.228. The lowest BCUT2D eigenvalue weighted by Gasteiger charge is -2.46. The summed E-state index contributed by atoms with van der Waals surface area (Å²) in [5.41, 5.74) is 0. The first kappa shape index (κ1) is 67.0. The summed E-state index contributed by atoms with van der Waals surface area (Å²) in [6.45, 7) is 2.44. The Balaban J connectivity index is 1.60. The largest absolute Gasteiger partial charge is 0.394 e. The maximum absolute atomic E-state index is 13.0. The molecular weight excluding hydrogens is 955 g/mol. The van der Waals surface area contributed by atoms with E-state index in [0.717, 1.165) is 109 Å². The van der Waals surface area contributed by atoms with Crippen LogP contribution in [0.5, 0.6) is 0 Å². The van der Waals surface area contributed by atoms with Crippen LogP contribution in [0.15, 0.2) is 146 Å². The number of aliphatic hydroxyl groups is 8. The second-order valence-electron chi connectivity index (χ2n) is 18.6. The van der Waals surface area contributed by atoms with Crippen molar-refractivity contribution >= 4 is 5.91 Å². The van der Waals surface area contributed by atoms with Crippen molar-refractivity contribution < 1.29 is 64.6 Å². The van der Waals surface area contributed by atoms with Gasteiger partial charge in [0.05, 0.1) is 32.0 Å². The minimum Gasteiger partial charge on any atom is -0.394 e. The van der Waals surface area contributed by atoms with E-state index >= 15 is 0 Å². The van der Waals surface area contributed by atoms with Gasteiger partial charge in [0.15, 0.2) is 12.6 Å². The molecule has 0 aliphatic carbocycles. The molecule has 2 heterocycles. The topological polar surface area (TPSA) is 228 Å². The molecule has 2 rings (SSSR count). The van der Waals surface area contributed by atoms with Crippen LogP contribution in [0.25, 0.3) is 0 Å². The summed E-state index contributed by atoms with van der Waals surface area (Å²) in [7, 11) is 0. The molecular formula is C61H95NO13. The number of hydrogen-bond donors (Lipinski definition) is 9. The monoisotopic (exact) mass is 1050 g/mol. The molecule has 422 valence electrons. The summed E-state index contributed by atoms with van der Waals surface area (Å²) in [6, 6.07) is -0.939. The molecule has 2 saturated heterocycles. The summed E-state index contributed by atoms with van der Waals surface area (Å²) in [5, 5.41) is 86.1. The predicted octanol–water partition coefficient (Wildman–Crippen LogP) is 8.60. The van der Waals surface area contributed by atoms with Gasteiger partial charge in [0.2, 0.25) is 5.91 Å². The van der Waals surface area contributed by atoms with Gasteiger partial charge in [0.1, 0.15) is 48.8 Å².